The molecule has 0 aromatic carbocycles. The van der Waals surface area contributed by atoms with Gasteiger partial charge in [0.15, 0.2) is 5.82 Å². The Morgan fingerprint density at radius 2 is 2.19 bits per heavy atom. The Hall–Kier alpha value is -0.940. The van der Waals surface area contributed by atoms with Crippen molar-refractivity contribution in [3.05, 3.63) is 11.7 Å². The van der Waals surface area contributed by atoms with Crippen LogP contribution in [-0.4, -0.2) is 29.8 Å². The van der Waals surface area contributed by atoms with Crippen molar-refractivity contribution in [1.29, 1.82) is 0 Å². The zero-order valence-electron chi connectivity index (χ0n) is 10.5. The van der Waals surface area contributed by atoms with Gasteiger partial charge in [-0.05, 0) is 20.4 Å². The van der Waals surface area contributed by atoms with E-state index in [1.807, 2.05) is 14.0 Å². The highest BCUT2D eigenvalue weighted by molar-refractivity contribution is 4.96. The molecule has 2 unspecified atom stereocenters. The van der Waals surface area contributed by atoms with Gasteiger partial charge in [0, 0.05) is 12.6 Å². The number of hydrogen-bond acceptors (Lipinski definition) is 5. The molecule has 1 aromatic heterocycles. The summed E-state index contributed by atoms with van der Waals surface area (Å²) in [7, 11) is 1.95. The van der Waals surface area contributed by atoms with Crippen LogP contribution in [0.25, 0.3) is 0 Å². The molecule has 16 heavy (non-hydrogen) atoms. The van der Waals surface area contributed by atoms with Gasteiger partial charge in [-0.15, -0.1) is 0 Å². The van der Waals surface area contributed by atoms with Crippen LogP contribution in [0.2, 0.25) is 0 Å². The van der Waals surface area contributed by atoms with E-state index in [1.165, 1.54) is 0 Å². The fraction of sp³-hybridized carbons (Fsp3) is 0.818. The van der Waals surface area contributed by atoms with Gasteiger partial charge in [0.2, 0.25) is 5.89 Å². The molecule has 1 rings (SSSR count). The molecule has 5 nitrogen and oxygen atoms in total. The van der Waals surface area contributed by atoms with Crippen molar-refractivity contribution in [2.45, 2.75) is 45.8 Å². The van der Waals surface area contributed by atoms with Crippen LogP contribution in [0.4, 0.5) is 0 Å². The van der Waals surface area contributed by atoms with E-state index in [9.17, 15) is 0 Å². The van der Waals surface area contributed by atoms with Gasteiger partial charge >= 0.3 is 0 Å². The molecular weight excluding hydrogens is 206 g/mol. The Bertz CT molecular complexity index is 297. The monoisotopic (exact) mass is 227 g/mol. The van der Waals surface area contributed by atoms with Crippen LogP contribution in [0.3, 0.4) is 0 Å². The zero-order chi connectivity index (χ0) is 12.0. The minimum absolute atomic E-state index is 0.220. The van der Waals surface area contributed by atoms with Crippen molar-refractivity contribution in [1.82, 2.24) is 15.5 Å². The SMILES string of the molecule is CCOCc1noc(C(C)C(CC)NC)n1. The predicted octanol–water partition coefficient (Wildman–Crippen LogP) is 1.71. The van der Waals surface area contributed by atoms with E-state index in [4.69, 9.17) is 9.26 Å². The first-order valence-corrected chi connectivity index (χ1v) is 5.80. The molecule has 2 atom stereocenters. The molecule has 0 fully saturated rings. The summed E-state index contributed by atoms with van der Waals surface area (Å²) in [5.41, 5.74) is 0. The highest BCUT2D eigenvalue weighted by Crippen LogP contribution is 2.19. The maximum Gasteiger partial charge on any atom is 0.231 e. The van der Waals surface area contributed by atoms with E-state index in [0.717, 1.165) is 6.42 Å². The molecule has 0 aliphatic carbocycles. The predicted molar refractivity (Wildman–Crippen MR) is 61.2 cm³/mol. The molecule has 5 heteroatoms. The Balaban J connectivity index is 2.61. The van der Waals surface area contributed by atoms with Gasteiger partial charge in [0.05, 0.1) is 5.92 Å². The number of rotatable bonds is 7. The molecule has 0 radical (unpaired) electrons. The summed E-state index contributed by atoms with van der Waals surface area (Å²) in [6, 6.07) is 0.361. The highest BCUT2D eigenvalue weighted by Gasteiger charge is 2.21. The number of ether oxygens (including phenoxy) is 1. The van der Waals surface area contributed by atoms with E-state index in [0.29, 0.717) is 31.0 Å². The standard InChI is InChI=1S/C11H21N3O2/c1-5-9(12-4)8(3)11-13-10(14-16-11)7-15-6-2/h8-9,12H,5-7H2,1-4H3. The van der Waals surface area contributed by atoms with E-state index >= 15 is 0 Å². The fourth-order valence-electron chi connectivity index (χ4n) is 1.68. The minimum Gasteiger partial charge on any atom is -0.374 e. The van der Waals surface area contributed by atoms with Gasteiger partial charge in [0.25, 0.3) is 0 Å². The highest BCUT2D eigenvalue weighted by atomic mass is 16.5. The fourth-order valence-corrected chi connectivity index (χ4v) is 1.68. The van der Waals surface area contributed by atoms with E-state index in [-0.39, 0.29) is 5.92 Å². The Kier molecular flexibility index (Phi) is 5.42. The van der Waals surface area contributed by atoms with E-state index in [1.54, 1.807) is 0 Å². The van der Waals surface area contributed by atoms with E-state index in [2.05, 4.69) is 29.3 Å². The first-order valence-electron chi connectivity index (χ1n) is 5.80. The second-order valence-corrected chi connectivity index (χ2v) is 3.78. The Morgan fingerprint density at radius 3 is 2.75 bits per heavy atom. The molecule has 1 heterocycles. The maximum atomic E-state index is 5.23. The summed E-state index contributed by atoms with van der Waals surface area (Å²) in [6.45, 7) is 7.24. The molecule has 92 valence electrons. The average Bonchev–Trinajstić information content (AvgIpc) is 2.76. The molecule has 0 aliphatic rings. The zero-order valence-corrected chi connectivity index (χ0v) is 10.5. The Labute approximate surface area is 96.6 Å². The lowest BCUT2D eigenvalue weighted by atomic mass is 10.00. The van der Waals surface area contributed by atoms with Crippen LogP contribution in [0, 0.1) is 0 Å². The Morgan fingerprint density at radius 1 is 1.44 bits per heavy atom. The number of aromatic nitrogens is 2. The second kappa shape index (κ2) is 6.60. The summed E-state index contributed by atoms with van der Waals surface area (Å²) < 4.78 is 10.5. The first-order chi connectivity index (χ1) is 7.72. The van der Waals surface area contributed by atoms with Crippen molar-refractivity contribution in [2.24, 2.45) is 0 Å². The quantitative estimate of drug-likeness (QED) is 0.768. The normalized spacial score (nSPS) is 15.0. The maximum absolute atomic E-state index is 5.23. The molecular formula is C11H21N3O2. The van der Waals surface area contributed by atoms with Gasteiger partial charge in [0.1, 0.15) is 6.61 Å². The first kappa shape index (κ1) is 13.1. The lowest BCUT2D eigenvalue weighted by Gasteiger charge is -2.18. The second-order valence-electron chi connectivity index (χ2n) is 3.78. The summed E-state index contributed by atoms with van der Waals surface area (Å²) in [4.78, 5) is 4.32. The largest absolute Gasteiger partial charge is 0.374 e. The minimum atomic E-state index is 0.220. The van der Waals surface area contributed by atoms with Crippen LogP contribution in [0.5, 0.6) is 0 Å². The average molecular weight is 227 g/mol. The third kappa shape index (κ3) is 3.28. The molecule has 0 aliphatic heterocycles. The van der Waals surface area contributed by atoms with Gasteiger partial charge in [-0.1, -0.05) is 19.0 Å². The number of hydrogen-bond donors (Lipinski definition) is 1. The lowest BCUT2D eigenvalue weighted by Crippen LogP contribution is -2.30. The summed E-state index contributed by atoms with van der Waals surface area (Å²) in [5.74, 6) is 1.52. The topological polar surface area (TPSA) is 60.2 Å². The number of likely N-dealkylation sites (N-methyl/N-ethyl adjacent to an activating group) is 1. The number of nitrogens with one attached hydrogen (secondary N) is 1. The molecule has 0 bridgehead atoms. The van der Waals surface area contributed by atoms with Gasteiger partial charge in [-0.3, -0.25) is 0 Å². The van der Waals surface area contributed by atoms with Crippen molar-refractivity contribution in [3.63, 3.8) is 0 Å². The summed E-state index contributed by atoms with van der Waals surface area (Å²) >= 11 is 0. The van der Waals surface area contributed by atoms with Crippen LogP contribution < -0.4 is 5.32 Å². The van der Waals surface area contributed by atoms with Crippen LogP contribution >= 0.6 is 0 Å². The van der Waals surface area contributed by atoms with Crippen LogP contribution in [0.15, 0.2) is 4.52 Å². The third-order valence-corrected chi connectivity index (χ3v) is 2.72. The molecule has 0 spiro atoms. The third-order valence-electron chi connectivity index (χ3n) is 2.72. The summed E-state index contributed by atoms with van der Waals surface area (Å²) in [5, 5.41) is 7.13. The van der Waals surface area contributed by atoms with E-state index < -0.39 is 0 Å². The molecule has 0 amide bonds. The molecule has 1 aromatic rings. The van der Waals surface area contributed by atoms with Crippen molar-refractivity contribution < 1.29 is 9.26 Å². The van der Waals surface area contributed by atoms with Gasteiger partial charge in [-0.2, -0.15) is 4.98 Å². The lowest BCUT2D eigenvalue weighted by molar-refractivity contribution is 0.126. The van der Waals surface area contributed by atoms with Crippen molar-refractivity contribution in [2.75, 3.05) is 13.7 Å². The molecule has 0 saturated heterocycles. The smallest absolute Gasteiger partial charge is 0.231 e. The van der Waals surface area contributed by atoms with Crippen molar-refractivity contribution in [3.8, 4) is 0 Å². The van der Waals surface area contributed by atoms with Crippen LogP contribution in [-0.2, 0) is 11.3 Å². The van der Waals surface area contributed by atoms with Gasteiger partial charge < -0.3 is 14.6 Å². The van der Waals surface area contributed by atoms with Gasteiger partial charge in [-0.25, -0.2) is 0 Å². The molecule has 0 saturated carbocycles. The van der Waals surface area contributed by atoms with Crippen molar-refractivity contribution >= 4 is 0 Å². The molecule has 1 N–H and O–H groups in total. The number of nitrogens with zero attached hydrogens (tertiary/aromatic N) is 2. The summed E-state index contributed by atoms with van der Waals surface area (Å²) in [6.07, 6.45) is 1.03. The van der Waals surface area contributed by atoms with Crippen LogP contribution in [0.1, 0.15) is 44.8 Å².